The van der Waals surface area contributed by atoms with Crippen molar-refractivity contribution in [2.24, 2.45) is 0 Å². The van der Waals surface area contributed by atoms with Crippen molar-refractivity contribution < 1.29 is 4.84 Å². The van der Waals surface area contributed by atoms with Gasteiger partial charge in [-0.3, -0.25) is 0 Å². The van der Waals surface area contributed by atoms with E-state index in [1.54, 1.807) is 7.05 Å². The topological polar surface area (TPSA) is 21.3 Å². The predicted molar refractivity (Wildman–Crippen MR) is 54.8 cm³/mol. The van der Waals surface area contributed by atoms with E-state index in [1.165, 1.54) is 5.56 Å². The van der Waals surface area contributed by atoms with Crippen LogP contribution in [0.15, 0.2) is 24.3 Å². The molecule has 0 radical (unpaired) electrons. The largest absolute Gasteiger partial charge is 0.302 e. The van der Waals surface area contributed by atoms with Crippen molar-refractivity contribution in [2.75, 3.05) is 13.7 Å². The summed E-state index contributed by atoms with van der Waals surface area (Å²) in [5.41, 5.74) is 3.82. The average Bonchev–Trinajstić information content (AvgIpc) is 2.15. The third-order valence-electron chi connectivity index (χ3n) is 1.79. The first kappa shape index (κ1) is 10.5. The van der Waals surface area contributed by atoms with Gasteiger partial charge in [0, 0.05) is 12.1 Å². The lowest BCUT2D eigenvalue weighted by atomic mass is 10.1. The first-order valence-electron chi connectivity index (χ1n) is 4.36. The van der Waals surface area contributed by atoms with Crippen LogP contribution in [0, 0.1) is 0 Å². The number of aryl methyl sites for hydroxylation is 1. The highest BCUT2D eigenvalue weighted by Gasteiger charge is 1.97. The van der Waals surface area contributed by atoms with Crippen LogP contribution < -0.4 is 5.48 Å². The summed E-state index contributed by atoms with van der Waals surface area (Å²) in [6.07, 6.45) is 1.94. The van der Waals surface area contributed by atoms with E-state index in [9.17, 15) is 0 Å². The highest BCUT2D eigenvalue weighted by atomic mass is 35.5. The zero-order valence-corrected chi connectivity index (χ0v) is 8.47. The third-order valence-corrected chi connectivity index (χ3v) is 2.16. The van der Waals surface area contributed by atoms with Gasteiger partial charge in [0.05, 0.1) is 6.61 Å². The summed E-state index contributed by atoms with van der Waals surface area (Å²) < 4.78 is 0. The molecule has 0 amide bonds. The number of halogens is 1. The van der Waals surface area contributed by atoms with Crippen LogP contribution in [0.25, 0.3) is 0 Å². The van der Waals surface area contributed by atoms with Gasteiger partial charge in [0.15, 0.2) is 0 Å². The monoisotopic (exact) mass is 199 g/mol. The SMILES string of the molecule is CNOCCCc1ccccc1Cl. The maximum Gasteiger partial charge on any atom is 0.0685 e. The lowest BCUT2D eigenvalue weighted by Crippen LogP contribution is -2.08. The molecule has 0 unspecified atom stereocenters. The number of hydrogen-bond donors (Lipinski definition) is 1. The standard InChI is InChI=1S/C10H14ClNO/c1-12-13-8-4-6-9-5-2-3-7-10(9)11/h2-3,5,7,12H,4,6,8H2,1H3. The van der Waals surface area contributed by atoms with E-state index in [4.69, 9.17) is 16.4 Å². The van der Waals surface area contributed by atoms with E-state index in [1.807, 2.05) is 24.3 Å². The van der Waals surface area contributed by atoms with Gasteiger partial charge in [0.25, 0.3) is 0 Å². The Bertz CT molecular complexity index is 252. The lowest BCUT2D eigenvalue weighted by molar-refractivity contribution is 0.0564. The molecule has 0 aliphatic heterocycles. The molecule has 0 saturated heterocycles. The van der Waals surface area contributed by atoms with E-state index in [0.29, 0.717) is 6.61 Å². The van der Waals surface area contributed by atoms with E-state index in [-0.39, 0.29) is 0 Å². The molecular weight excluding hydrogens is 186 g/mol. The second kappa shape index (κ2) is 5.97. The van der Waals surface area contributed by atoms with Crippen molar-refractivity contribution in [1.29, 1.82) is 0 Å². The maximum atomic E-state index is 5.98. The number of benzene rings is 1. The van der Waals surface area contributed by atoms with Crippen molar-refractivity contribution in [2.45, 2.75) is 12.8 Å². The Balaban J connectivity index is 2.32. The highest BCUT2D eigenvalue weighted by Crippen LogP contribution is 2.16. The number of hydrogen-bond acceptors (Lipinski definition) is 2. The van der Waals surface area contributed by atoms with Gasteiger partial charge in [-0.25, -0.2) is 5.48 Å². The predicted octanol–water partition coefficient (Wildman–Crippen LogP) is 2.42. The van der Waals surface area contributed by atoms with Gasteiger partial charge in [-0.15, -0.1) is 0 Å². The summed E-state index contributed by atoms with van der Waals surface area (Å²) in [4.78, 5) is 5.00. The molecule has 0 heterocycles. The second-order valence-electron chi connectivity index (χ2n) is 2.75. The van der Waals surface area contributed by atoms with E-state index >= 15 is 0 Å². The van der Waals surface area contributed by atoms with E-state index < -0.39 is 0 Å². The molecule has 2 nitrogen and oxygen atoms in total. The molecule has 1 rings (SSSR count). The number of hydroxylamine groups is 1. The molecule has 1 aromatic rings. The van der Waals surface area contributed by atoms with E-state index in [0.717, 1.165) is 17.9 Å². The van der Waals surface area contributed by atoms with Crippen molar-refractivity contribution in [3.8, 4) is 0 Å². The minimum atomic E-state index is 0.710. The minimum Gasteiger partial charge on any atom is -0.302 e. The van der Waals surface area contributed by atoms with Crippen LogP contribution in [0.5, 0.6) is 0 Å². The molecule has 1 N–H and O–H groups in total. The van der Waals surface area contributed by atoms with Gasteiger partial charge in [-0.1, -0.05) is 29.8 Å². The summed E-state index contributed by atoms with van der Waals surface area (Å²) in [5, 5.41) is 0.840. The van der Waals surface area contributed by atoms with Gasteiger partial charge in [-0.2, -0.15) is 0 Å². The molecule has 0 atom stereocenters. The van der Waals surface area contributed by atoms with Crippen LogP contribution in [-0.2, 0) is 11.3 Å². The zero-order valence-electron chi connectivity index (χ0n) is 7.72. The van der Waals surface area contributed by atoms with Crippen LogP contribution in [0.2, 0.25) is 5.02 Å². The number of rotatable bonds is 5. The highest BCUT2D eigenvalue weighted by molar-refractivity contribution is 6.31. The summed E-state index contributed by atoms with van der Waals surface area (Å²) in [6, 6.07) is 7.90. The van der Waals surface area contributed by atoms with Crippen molar-refractivity contribution in [1.82, 2.24) is 5.48 Å². The molecule has 0 saturated carbocycles. The molecule has 3 heteroatoms. The fourth-order valence-corrected chi connectivity index (χ4v) is 1.37. The molecule has 0 fully saturated rings. The lowest BCUT2D eigenvalue weighted by Gasteiger charge is -2.03. The fourth-order valence-electron chi connectivity index (χ4n) is 1.14. The molecule has 0 spiro atoms. The minimum absolute atomic E-state index is 0.710. The van der Waals surface area contributed by atoms with Gasteiger partial charge < -0.3 is 4.84 Å². The Morgan fingerprint density at radius 1 is 1.38 bits per heavy atom. The average molecular weight is 200 g/mol. The molecule has 1 aromatic carbocycles. The Morgan fingerprint density at radius 3 is 2.85 bits per heavy atom. The molecule has 0 aliphatic rings. The van der Waals surface area contributed by atoms with Gasteiger partial charge in [0.1, 0.15) is 0 Å². The molecule has 0 bridgehead atoms. The Kier molecular flexibility index (Phi) is 4.83. The van der Waals surface area contributed by atoms with Crippen molar-refractivity contribution in [3.63, 3.8) is 0 Å². The molecule has 0 aliphatic carbocycles. The summed E-state index contributed by atoms with van der Waals surface area (Å²) >= 11 is 5.98. The van der Waals surface area contributed by atoms with Crippen molar-refractivity contribution >= 4 is 11.6 Å². The molecular formula is C10H14ClNO. The van der Waals surface area contributed by atoms with Crippen LogP contribution in [-0.4, -0.2) is 13.7 Å². The molecule has 13 heavy (non-hydrogen) atoms. The van der Waals surface area contributed by atoms with Gasteiger partial charge in [0.2, 0.25) is 0 Å². The first-order valence-corrected chi connectivity index (χ1v) is 4.74. The maximum absolute atomic E-state index is 5.98. The molecule has 0 aromatic heterocycles. The van der Waals surface area contributed by atoms with Gasteiger partial charge in [-0.05, 0) is 24.5 Å². The Labute approximate surface area is 83.8 Å². The van der Waals surface area contributed by atoms with Crippen LogP contribution in [0.3, 0.4) is 0 Å². The fraction of sp³-hybridized carbons (Fsp3) is 0.400. The number of nitrogens with one attached hydrogen (secondary N) is 1. The summed E-state index contributed by atoms with van der Waals surface area (Å²) in [7, 11) is 1.76. The smallest absolute Gasteiger partial charge is 0.0685 e. The van der Waals surface area contributed by atoms with E-state index in [2.05, 4.69) is 5.48 Å². The van der Waals surface area contributed by atoms with Crippen LogP contribution in [0.4, 0.5) is 0 Å². The normalized spacial score (nSPS) is 10.3. The zero-order chi connectivity index (χ0) is 9.52. The quantitative estimate of drug-likeness (QED) is 0.581. The van der Waals surface area contributed by atoms with Crippen LogP contribution in [0.1, 0.15) is 12.0 Å². The first-order chi connectivity index (χ1) is 6.34. The van der Waals surface area contributed by atoms with Crippen LogP contribution >= 0.6 is 11.6 Å². The third kappa shape index (κ3) is 3.77. The Hall–Kier alpha value is -0.570. The van der Waals surface area contributed by atoms with Gasteiger partial charge >= 0.3 is 0 Å². The summed E-state index contributed by atoms with van der Waals surface area (Å²) in [5.74, 6) is 0. The summed E-state index contributed by atoms with van der Waals surface area (Å²) in [6.45, 7) is 0.710. The molecule has 72 valence electrons. The Morgan fingerprint density at radius 2 is 2.15 bits per heavy atom. The van der Waals surface area contributed by atoms with Crippen molar-refractivity contribution in [3.05, 3.63) is 34.9 Å². The second-order valence-corrected chi connectivity index (χ2v) is 3.15.